The van der Waals surface area contributed by atoms with E-state index in [0.29, 0.717) is 6.42 Å². The van der Waals surface area contributed by atoms with Crippen LogP contribution in [0.15, 0.2) is 0 Å². The van der Waals surface area contributed by atoms with E-state index in [2.05, 4.69) is 0 Å². The highest BCUT2D eigenvalue weighted by Crippen LogP contribution is 2.24. The van der Waals surface area contributed by atoms with Crippen molar-refractivity contribution in [2.24, 2.45) is 5.92 Å². The Hall–Kier alpha value is -1.79. The molecule has 27 heavy (non-hydrogen) atoms. The van der Waals surface area contributed by atoms with E-state index in [4.69, 9.17) is 14.6 Å². The number of rotatable bonds is 9. The van der Waals surface area contributed by atoms with Gasteiger partial charge in [0.1, 0.15) is 17.7 Å². The molecule has 7 heteroatoms. The van der Waals surface area contributed by atoms with Crippen molar-refractivity contribution in [1.29, 1.82) is 0 Å². The summed E-state index contributed by atoms with van der Waals surface area (Å²) in [4.78, 5) is 37.8. The van der Waals surface area contributed by atoms with Gasteiger partial charge in [-0.05, 0) is 65.2 Å². The van der Waals surface area contributed by atoms with Gasteiger partial charge in [0.25, 0.3) is 0 Å². The molecule has 1 N–H and O–H groups in total. The highest BCUT2D eigenvalue weighted by atomic mass is 16.6. The van der Waals surface area contributed by atoms with Crippen molar-refractivity contribution >= 4 is 18.0 Å². The molecule has 0 spiro atoms. The van der Waals surface area contributed by atoms with Crippen molar-refractivity contribution in [1.82, 2.24) is 4.90 Å². The van der Waals surface area contributed by atoms with Gasteiger partial charge < -0.3 is 14.6 Å². The second kappa shape index (κ2) is 10.5. The Balaban J connectivity index is 2.96. The smallest absolute Gasteiger partial charge is 0.411 e. The van der Waals surface area contributed by atoms with Gasteiger partial charge in [-0.15, -0.1) is 0 Å². The number of aliphatic carboxylic acids is 1. The van der Waals surface area contributed by atoms with Crippen molar-refractivity contribution in [2.75, 3.05) is 6.54 Å². The molecular weight excluding hydrogens is 350 g/mol. The first-order chi connectivity index (χ1) is 12.5. The Morgan fingerprint density at radius 2 is 1.74 bits per heavy atom. The molecule has 0 heterocycles. The Kier molecular flexibility index (Phi) is 9.06. The number of carbonyl (C=O) groups is 3. The van der Waals surface area contributed by atoms with E-state index < -0.39 is 29.7 Å². The number of ether oxygens (including phenoxy) is 2. The van der Waals surface area contributed by atoms with E-state index in [1.807, 2.05) is 13.8 Å². The van der Waals surface area contributed by atoms with Crippen molar-refractivity contribution in [3.8, 4) is 0 Å². The third-order valence-corrected chi connectivity index (χ3v) is 4.35. The third kappa shape index (κ3) is 9.11. The van der Waals surface area contributed by atoms with Gasteiger partial charge in [-0.25, -0.2) is 9.59 Å². The normalized spacial score (nSPS) is 16.2. The highest BCUT2D eigenvalue weighted by molar-refractivity contribution is 5.81. The SMILES string of the molecule is CC(C)C[C@@H](C(=O)OC1CCCC1)N(CCCC(=O)O)C(=O)OC(C)(C)C. The lowest BCUT2D eigenvalue weighted by molar-refractivity contribution is -0.155. The van der Waals surface area contributed by atoms with Gasteiger partial charge in [-0.3, -0.25) is 9.69 Å². The lowest BCUT2D eigenvalue weighted by Gasteiger charge is -2.33. The van der Waals surface area contributed by atoms with Gasteiger partial charge in [0.2, 0.25) is 0 Å². The Morgan fingerprint density at radius 1 is 1.15 bits per heavy atom. The molecule has 0 bridgehead atoms. The summed E-state index contributed by atoms with van der Waals surface area (Å²) in [6, 6.07) is -0.769. The van der Waals surface area contributed by atoms with Crippen LogP contribution < -0.4 is 0 Å². The molecule has 1 aliphatic carbocycles. The molecule has 1 aliphatic rings. The molecule has 0 saturated heterocycles. The van der Waals surface area contributed by atoms with Crippen LogP contribution >= 0.6 is 0 Å². The summed E-state index contributed by atoms with van der Waals surface area (Å²) in [6.07, 6.45) is 3.71. The highest BCUT2D eigenvalue weighted by Gasteiger charge is 2.35. The van der Waals surface area contributed by atoms with Crippen LogP contribution in [0.5, 0.6) is 0 Å². The van der Waals surface area contributed by atoms with Gasteiger partial charge in [0, 0.05) is 13.0 Å². The fourth-order valence-corrected chi connectivity index (χ4v) is 3.14. The molecule has 7 nitrogen and oxygen atoms in total. The van der Waals surface area contributed by atoms with Crippen molar-refractivity contribution in [3.63, 3.8) is 0 Å². The predicted octanol–water partition coefficient (Wildman–Crippen LogP) is 3.99. The standard InChI is InChI=1S/C20H35NO6/c1-14(2)13-16(18(24)26-15-9-6-7-10-15)21(12-8-11-17(22)23)19(25)27-20(3,4)5/h14-16H,6-13H2,1-5H3,(H,22,23)/t16-/m0/s1. The monoisotopic (exact) mass is 385 g/mol. The van der Waals surface area contributed by atoms with Crippen molar-refractivity contribution in [2.45, 2.75) is 97.3 Å². The summed E-state index contributed by atoms with van der Waals surface area (Å²) < 4.78 is 11.1. The second-order valence-electron chi connectivity index (χ2n) is 8.66. The van der Waals surface area contributed by atoms with E-state index in [0.717, 1.165) is 25.7 Å². The van der Waals surface area contributed by atoms with Crippen LogP contribution in [-0.2, 0) is 19.1 Å². The zero-order valence-electron chi connectivity index (χ0n) is 17.3. The molecule has 1 fully saturated rings. The van der Waals surface area contributed by atoms with Gasteiger partial charge in [-0.1, -0.05) is 13.8 Å². The molecule has 0 unspecified atom stereocenters. The molecule has 1 saturated carbocycles. The summed E-state index contributed by atoms with van der Waals surface area (Å²) in [6.45, 7) is 9.36. The van der Waals surface area contributed by atoms with Crippen LogP contribution in [0, 0.1) is 5.92 Å². The number of carboxylic acids is 1. The fourth-order valence-electron chi connectivity index (χ4n) is 3.14. The average molecular weight is 386 g/mol. The van der Waals surface area contributed by atoms with Crippen LogP contribution in [0.25, 0.3) is 0 Å². The summed E-state index contributed by atoms with van der Waals surface area (Å²) in [5, 5.41) is 8.91. The van der Waals surface area contributed by atoms with Crippen molar-refractivity contribution < 1.29 is 29.0 Å². The molecule has 1 rings (SSSR count). The third-order valence-electron chi connectivity index (χ3n) is 4.35. The van der Waals surface area contributed by atoms with Gasteiger partial charge in [0.05, 0.1) is 0 Å². The van der Waals surface area contributed by atoms with Crippen LogP contribution in [0.4, 0.5) is 4.79 Å². The Morgan fingerprint density at radius 3 is 2.22 bits per heavy atom. The number of carboxylic acid groups (broad SMARTS) is 1. The Labute approximate surface area is 162 Å². The van der Waals surface area contributed by atoms with E-state index in [-0.39, 0.29) is 31.4 Å². The maximum atomic E-state index is 12.9. The van der Waals surface area contributed by atoms with Crippen LogP contribution in [0.1, 0.15) is 79.6 Å². The average Bonchev–Trinajstić information content (AvgIpc) is 3.00. The summed E-state index contributed by atoms with van der Waals surface area (Å²) in [5.41, 5.74) is -0.708. The minimum Gasteiger partial charge on any atom is -0.481 e. The molecule has 0 aromatic heterocycles. The zero-order chi connectivity index (χ0) is 20.6. The van der Waals surface area contributed by atoms with Crippen LogP contribution in [-0.4, -0.2) is 52.3 Å². The predicted molar refractivity (Wildman–Crippen MR) is 101 cm³/mol. The zero-order valence-corrected chi connectivity index (χ0v) is 17.3. The quantitative estimate of drug-likeness (QED) is 0.603. The number of carbonyl (C=O) groups excluding carboxylic acids is 2. The minimum absolute atomic E-state index is 0.0780. The summed E-state index contributed by atoms with van der Waals surface area (Å²) in [5.74, 6) is -1.19. The minimum atomic E-state index is -0.937. The maximum absolute atomic E-state index is 12.9. The lowest BCUT2D eigenvalue weighted by atomic mass is 10.0. The number of hydrogen-bond donors (Lipinski definition) is 1. The Bertz CT molecular complexity index is 505. The number of amides is 1. The number of hydrogen-bond acceptors (Lipinski definition) is 5. The first kappa shape index (κ1) is 23.2. The first-order valence-electron chi connectivity index (χ1n) is 9.91. The number of nitrogens with zero attached hydrogens (tertiary/aromatic N) is 1. The van der Waals surface area contributed by atoms with Gasteiger partial charge in [-0.2, -0.15) is 0 Å². The van der Waals surface area contributed by atoms with Gasteiger partial charge >= 0.3 is 18.0 Å². The van der Waals surface area contributed by atoms with E-state index in [1.165, 1.54) is 4.90 Å². The van der Waals surface area contributed by atoms with E-state index in [1.54, 1.807) is 20.8 Å². The first-order valence-corrected chi connectivity index (χ1v) is 9.91. The van der Waals surface area contributed by atoms with E-state index >= 15 is 0 Å². The molecule has 1 amide bonds. The summed E-state index contributed by atoms with van der Waals surface area (Å²) in [7, 11) is 0. The lowest BCUT2D eigenvalue weighted by Crippen LogP contribution is -2.49. The molecular formula is C20H35NO6. The maximum Gasteiger partial charge on any atom is 0.411 e. The largest absolute Gasteiger partial charge is 0.481 e. The second-order valence-corrected chi connectivity index (χ2v) is 8.66. The molecule has 0 aromatic rings. The van der Waals surface area contributed by atoms with E-state index in [9.17, 15) is 14.4 Å². The van der Waals surface area contributed by atoms with Gasteiger partial charge in [0.15, 0.2) is 0 Å². The molecule has 0 radical (unpaired) electrons. The van der Waals surface area contributed by atoms with Crippen LogP contribution in [0.2, 0.25) is 0 Å². The van der Waals surface area contributed by atoms with Crippen molar-refractivity contribution in [3.05, 3.63) is 0 Å². The molecule has 156 valence electrons. The molecule has 1 atom stereocenters. The number of esters is 1. The topological polar surface area (TPSA) is 93.1 Å². The van der Waals surface area contributed by atoms with Crippen LogP contribution in [0.3, 0.4) is 0 Å². The summed E-state index contributed by atoms with van der Waals surface area (Å²) >= 11 is 0. The molecule has 0 aromatic carbocycles. The molecule has 0 aliphatic heterocycles. The fraction of sp³-hybridized carbons (Fsp3) is 0.850.